The summed E-state index contributed by atoms with van der Waals surface area (Å²) >= 11 is 0. The summed E-state index contributed by atoms with van der Waals surface area (Å²) in [5.74, 6) is -0.592. The summed E-state index contributed by atoms with van der Waals surface area (Å²) in [6.45, 7) is 3.48. The summed E-state index contributed by atoms with van der Waals surface area (Å²) in [7, 11) is 0. The lowest BCUT2D eigenvalue weighted by molar-refractivity contribution is -0.140. The lowest BCUT2D eigenvalue weighted by atomic mass is 10.1. The van der Waals surface area contributed by atoms with Crippen LogP contribution in [0.3, 0.4) is 0 Å². The van der Waals surface area contributed by atoms with Crippen molar-refractivity contribution in [3.05, 3.63) is 84.6 Å². The Hall–Kier alpha value is -3.08. The molecule has 0 radical (unpaired) electrons. The van der Waals surface area contributed by atoms with Gasteiger partial charge in [-0.2, -0.15) is 0 Å². The molecule has 2 aromatic rings. The molecular formula is C19H19NO4. The first-order valence-corrected chi connectivity index (χ1v) is 7.51. The number of amides is 1. The van der Waals surface area contributed by atoms with Crippen molar-refractivity contribution in [1.82, 2.24) is 5.32 Å². The van der Waals surface area contributed by atoms with Gasteiger partial charge in [-0.05, 0) is 11.1 Å². The van der Waals surface area contributed by atoms with E-state index in [1.54, 1.807) is 0 Å². The number of carbonyl (C=O) groups is 2. The Morgan fingerprint density at radius 3 is 2.17 bits per heavy atom. The molecule has 124 valence electrons. The Morgan fingerprint density at radius 2 is 1.58 bits per heavy atom. The van der Waals surface area contributed by atoms with E-state index in [-0.39, 0.29) is 6.61 Å². The second-order valence-electron chi connectivity index (χ2n) is 5.05. The van der Waals surface area contributed by atoms with Crippen LogP contribution in [-0.2, 0) is 27.3 Å². The van der Waals surface area contributed by atoms with Crippen molar-refractivity contribution in [1.29, 1.82) is 0 Å². The van der Waals surface area contributed by atoms with Crippen LogP contribution in [0.4, 0.5) is 4.79 Å². The van der Waals surface area contributed by atoms with Gasteiger partial charge in [0.1, 0.15) is 12.6 Å². The quantitative estimate of drug-likeness (QED) is 0.627. The van der Waals surface area contributed by atoms with E-state index >= 15 is 0 Å². The molecule has 0 spiro atoms. The predicted molar refractivity (Wildman–Crippen MR) is 90.0 cm³/mol. The molecule has 0 heterocycles. The molecule has 1 N–H and O–H groups in total. The normalized spacial score (nSPS) is 11.2. The fourth-order valence-corrected chi connectivity index (χ4v) is 2.11. The zero-order valence-electron chi connectivity index (χ0n) is 13.2. The second-order valence-corrected chi connectivity index (χ2v) is 5.05. The highest BCUT2D eigenvalue weighted by atomic mass is 16.6. The average Bonchev–Trinajstić information content (AvgIpc) is 2.61. The van der Waals surface area contributed by atoms with E-state index < -0.39 is 18.1 Å². The molecule has 0 aliphatic rings. The topological polar surface area (TPSA) is 64.6 Å². The number of nitrogens with one attached hydrogen (secondary N) is 1. The lowest BCUT2D eigenvalue weighted by Gasteiger charge is -2.16. The first kappa shape index (κ1) is 17.3. The smallest absolute Gasteiger partial charge is 0.408 e. The van der Waals surface area contributed by atoms with E-state index in [2.05, 4.69) is 11.9 Å². The van der Waals surface area contributed by atoms with Crippen molar-refractivity contribution in [2.24, 2.45) is 0 Å². The molecule has 24 heavy (non-hydrogen) atoms. The molecule has 0 saturated heterocycles. The molecule has 0 fully saturated rings. The third-order valence-electron chi connectivity index (χ3n) is 3.27. The number of hydrogen-bond acceptors (Lipinski definition) is 4. The van der Waals surface area contributed by atoms with E-state index in [1.807, 2.05) is 60.7 Å². The Bertz CT molecular complexity index is 670. The van der Waals surface area contributed by atoms with Crippen LogP contribution in [0, 0.1) is 0 Å². The van der Waals surface area contributed by atoms with Crippen LogP contribution < -0.4 is 5.32 Å². The van der Waals surface area contributed by atoms with Gasteiger partial charge < -0.3 is 14.8 Å². The maximum Gasteiger partial charge on any atom is 0.408 e. The molecule has 5 nitrogen and oxygen atoms in total. The summed E-state index contributed by atoms with van der Waals surface area (Å²) in [5.41, 5.74) is 1.76. The van der Waals surface area contributed by atoms with Gasteiger partial charge in [0.25, 0.3) is 0 Å². The minimum Gasteiger partial charge on any atom is -0.445 e. The fraction of sp³-hybridized carbons (Fsp3) is 0.158. The summed E-state index contributed by atoms with van der Waals surface area (Å²) in [6.07, 6.45) is 0.659. The Balaban J connectivity index is 1.95. The van der Waals surface area contributed by atoms with Crippen molar-refractivity contribution in [2.45, 2.75) is 19.1 Å². The largest absolute Gasteiger partial charge is 0.445 e. The summed E-state index contributed by atoms with van der Waals surface area (Å²) in [4.78, 5) is 24.0. The Kier molecular flexibility index (Phi) is 6.58. The van der Waals surface area contributed by atoms with E-state index in [9.17, 15) is 9.59 Å². The van der Waals surface area contributed by atoms with Gasteiger partial charge in [-0.3, -0.25) is 0 Å². The molecular weight excluding hydrogens is 306 g/mol. The third kappa shape index (κ3) is 5.61. The minimum absolute atomic E-state index is 0.126. The standard InChI is InChI=1S/C19H19NO4/c1-2-23-18(21)17(13-15-9-5-3-6-10-15)20-19(22)24-14-16-11-7-4-8-12-16/h2-12,17H,1,13-14H2,(H,20,22)/t17-/m1/s1. The van der Waals surface area contributed by atoms with Crippen LogP contribution in [0.5, 0.6) is 0 Å². The molecule has 2 aromatic carbocycles. The van der Waals surface area contributed by atoms with Crippen LogP contribution >= 0.6 is 0 Å². The zero-order valence-corrected chi connectivity index (χ0v) is 13.2. The monoisotopic (exact) mass is 325 g/mol. The molecule has 5 heteroatoms. The average molecular weight is 325 g/mol. The molecule has 0 aliphatic carbocycles. The van der Waals surface area contributed by atoms with Crippen LogP contribution in [0.1, 0.15) is 11.1 Å². The molecule has 0 bridgehead atoms. The number of carbonyl (C=O) groups excluding carboxylic acids is 2. The second kappa shape index (κ2) is 9.15. The summed E-state index contributed by atoms with van der Waals surface area (Å²) in [5, 5.41) is 2.54. The molecule has 0 aliphatic heterocycles. The number of esters is 1. The maximum atomic E-state index is 12.0. The van der Waals surface area contributed by atoms with Crippen molar-refractivity contribution in [3.8, 4) is 0 Å². The van der Waals surface area contributed by atoms with Gasteiger partial charge in [-0.25, -0.2) is 9.59 Å². The fourth-order valence-electron chi connectivity index (χ4n) is 2.11. The van der Waals surface area contributed by atoms with E-state index in [4.69, 9.17) is 9.47 Å². The molecule has 1 atom stereocenters. The Morgan fingerprint density at radius 1 is 1.00 bits per heavy atom. The number of ether oxygens (including phenoxy) is 2. The van der Waals surface area contributed by atoms with Crippen LogP contribution in [0.15, 0.2) is 73.5 Å². The van der Waals surface area contributed by atoms with Crippen molar-refractivity contribution < 1.29 is 19.1 Å². The molecule has 0 saturated carbocycles. The van der Waals surface area contributed by atoms with E-state index in [0.29, 0.717) is 6.42 Å². The van der Waals surface area contributed by atoms with Gasteiger partial charge in [0, 0.05) is 6.42 Å². The van der Waals surface area contributed by atoms with Crippen molar-refractivity contribution in [3.63, 3.8) is 0 Å². The first-order valence-electron chi connectivity index (χ1n) is 7.51. The lowest BCUT2D eigenvalue weighted by Crippen LogP contribution is -2.43. The van der Waals surface area contributed by atoms with Gasteiger partial charge in [-0.1, -0.05) is 67.2 Å². The maximum absolute atomic E-state index is 12.0. The third-order valence-corrected chi connectivity index (χ3v) is 3.27. The van der Waals surface area contributed by atoms with Crippen molar-refractivity contribution >= 4 is 12.1 Å². The highest BCUT2D eigenvalue weighted by Gasteiger charge is 2.23. The molecule has 0 aromatic heterocycles. The number of rotatable bonds is 7. The predicted octanol–water partition coefficient (Wildman–Crippen LogP) is 3.21. The highest BCUT2D eigenvalue weighted by Crippen LogP contribution is 2.06. The van der Waals surface area contributed by atoms with Crippen LogP contribution in [0.25, 0.3) is 0 Å². The number of hydrogen-bond donors (Lipinski definition) is 1. The molecule has 1 amide bonds. The zero-order chi connectivity index (χ0) is 17.2. The van der Waals surface area contributed by atoms with Crippen LogP contribution in [-0.4, -0.2) is 18.1 Å². The van der Waals surface area contributed by atoms with Crippen molar-refractivity contribution in [2.75, 3.05) is 0 Å². The SMILES string of the molecule is C=COC(=O)[C@@H](Cc1ccccc1)NC(=O)OCc1ccccc1. The minimum atomic E-state index is -0.853. The number of alkyl carbamates (subject to hydrolysis) is 1. The van der Waals surface area contributed by atoms with E-state index in [1.165, 1.54) is 0 Å². The van der Waals surface area contributed by atoms with Gasteiger partial charge in [-0.15, -0.1) is 0 Å². The highest BCUT2D eigenvalue weighted by molar-refractivity contribution is 5.82. The first-order chi connectivity index (χ1) is 11.7. The van der Waals surface area contributed by atoms with Gasteiger partial charge in [0.05, 0.1) is 6.26 Å². The molecule has 2 rings (SSSR count). The number of benzene rings is 2. The summed E-state index contributed by atoms with van der Waals surface area (Å²) < 4.78 is 9.94. The summed E-state index contributed by atoms with van der Waals surface area (Å²) in [6, 6.07) is 17.8. The van der Waals surface area contributed by atoms with Crippen LogP contribution in [0.2, 0.25) is 0 Å². The van der Waals surface area contributed by atoms with Gasteiger partial charge in [0.15, 0.2) is 0 Å². The van der Waals surface area contributed by atoms with Gasteiger partial charge in [0.2, 0.25) is 0 Å². The van der Waals surface area contributed by atoms with E-state index in [0.717, 1.165) is 17.4 Å². The molecule has 0 unspecified atom stereocenters. The van der Waals surface area contributed by atoms with Gasteiger partial charge >= 0.3 is 12.1 Å². The Labute approximate surface area is 140 Å².